The van der Waals surface area contributed by atoms with Crippen molar-refractivity contribution in [1.82, 2.24) is 25.4 Å². The van der Waals surface area contributed by atoms with Gasteiger partial charge in [0.05, 0.1) is 11.6 Å². The van der Waals surface area contributed by atoms with E-state index in [0.717, 1.165) is 34.8 Å². The van der Waals surface area contributed by atoms with Gasteiger partial charge in [-0.3, -0.25) is 14.5 Å². The minimum atomic E-state index is -0.407. The Balaban J connectivity index is 1.69. The van der Waals surface area contributed by atoms with Crippen LogP contribution in [0.25, 0.3) is 0 Å². The largest absolute Gasteiger partial charge is 0.316 e. The van der Waals surface area contributed by atoms with E-state index in [1.807, 2.05) is 14.1 Å². The molecule has 2 atom stereocenters. The summed E-state index contributed by atoms with van der Waals surface area (Å²) in [7, 11) is 3.77. The standard InChI is InChI=1S/C23H23FN6O/c1-25-9-13-3-5-14(6-4-13)21-20(23-28-12-29-30(23)2)22-19-15(10-26-21)7-16(24)8-17(19)18(31)11-27-22/h3-8,12,20-21,25-26H,9-11H2,1-2H3. The lowest BCUT2D eigenvalue weighted by Crippen LogP contribution is -2.32. The lowest BCUT2D eigenvalue weighted by atomic mass is 9.82. The van der Waals surface area contributed by atoms with Gasteiger partial charge in [0.25, 0.3) is 0 Å². The number of aryl methyl sites for hydroxylation is 1. The summed E-state index contributed by atoms with van der Waals surface area (Å²) in [5.74, 6) is -0.101. The molecule has 0 fully saturated rings. The van der Waals surface area contributed by atoms with Gasteiger partial charge in [-0.15, -0.1) is 0 Å². The Morgan fingerprint density at radius 1 is 1.26 bits per heavy atom. The molecule has 158 valence electrons. The number of aliphatic imine (C=N–C) groups is 1. The Morgan fingerprint density at radius 2 is 2.06 bits per heavy atom. The molecule has 0 aliphatic carbocycles. The fourth-order valence-corrected chi connectivity index (χ4v) is 4.61. The van der Waals surface area contributed by atoms with Gasteiger partial charge in [-0.05, 0) is 35.9 Å². The van der Waals surface area contributed by atoms with Crippen LogP contribution >= 0.6 is 0 Å². The van der Waals surface area contributed by atoms with Gasteiger partial charge in [-0.25, -0.2) is 9.37 Å². The van der Waals surface area contributed by atoms with Crippen LogP contribution in [-0.4, -0.2) is 39.9 Å². The zero-order valence-electron chi connectivity index (χ0n) is 17.4. The highest BCUT2D eigenvalue weighted by Gasteiger charge is 2.40. The van der Waals surface area contributed by atoms with E-state index in [-0.39, 0.29) is 24.3 Å². The summed E-state index contributed by atoms with van der Waals surface area (Å²) in [6.45, 7) is 1.21. The van der Waals surface area contributed by atoms with Gasteiger partial charge in [0.2, 0.25) is 0 Å². The molecule has 0 radical (unpaired) electrons. The van der Waals surface area contributed by atoms with E-state index >= 15 is 0 Å². The maximum Gasteiger partial charge on any atom is 0.184 e. The number of hydrogen-bond donors (Lipinski definition) is 2. The quantitative estimate of drug-likeness (QED) is 0.679. The van der Waals surface area contributed by atoms with Gasteiger partial charge in [0, 0.05) is 37.3 Å². The third-order valence-corrected chi connectivity index (χ3v) is 6.02. The van der Waals surface area contributed by atoms with Crippen LogP contribution in [0.4, 0.5) is 4.39 Å². The van der Waals surface area contributed by atoms with E-state index in [2.05, 4.69) is 50.0 Å². The molecule has 2 aliphatic rings. The highest BCUT2D eigenvalue weighted by Crippen LogP contribution is 2.39. The highest BCUT2D eigenvalue weighted by molar-refractivity contribution is 6.18. The first-order valence-corrected chi connectivity index (χ1v) is 10.3. The van der Waals surface area contributed by atoms with Crippen molar-refractivity contribution in [3.8, 4) is 0 Å². The number of hydrogen-bond acceptors (Lipinski definition) is 6. The summed E-state index contributed by atoms with van der Waals surface area (Å²) >= 11 is 0. The maximum atomic E-state index is 14.3. The molecule has 2 aliphatic heterocycles. The first-order valence-electron chi connectivity index (χ1n) is 10.3. The Hall–Kier alpha value is -3.23. The van der Waals surface area contributed by atoms with Crippen LogP contribution in [0.15, 0.2) is 47.7 Å². The maximum absolute atomic E-state index is 14.3. The number of benzene rings is 2. The van der Waals surface area contributed by atoms with E-state index in [9.17, 15) is 9.18 Å². The lowest BCUT2D eigenvalue weighted by Gasteiger charge is -2.28. The van der Waals surface area contributed by atoms with Gasteiger partial charge in [0.15, 0.2) is 5.78 Å². The van der Waals surface area contributed by atoms with Crippen molar-refractivity contribution in [2.45, 2.75) is 25.0 Å². The lowest BCUT2D eigenvalue weighted by molar-refractivity contribution is 0.0999. The Labute approximate surface area is 179 Å². The molecule has 2 N–H and O–H groups in total. The van der Waals surface area contributed by atoms with Crippen molar-refractivity contribution in [3.63, 3.8) is 0 Å². The highest BCUT2D eigenvalue weighted by atomic mass is 19.1. The predicted octanol–water partition coefficient (Wildman–Crippen LogP) is 2.29. The molecule has 0 bridgehead atoms. The van der Waals surface area contributed by atoms with E-state index in [4.69, 9.17) is 0 Å². The molecule has 2 aromatic carbocycles. The van der Waals surface area contributed by atoms with E-state index in [1.165, 1.54) is 24.0 Å². The van der Waals surface area contributed by atoms with Crippen molar-refractivity contribution < 1.29 is 9.18 Å². The van der Waals surface area contributed by atoms with Crippen molar-refractivity contribution in [3.05, 3.63) is 82.2 Å². The van der Waals surface area contributed by atoms with Crippen LogP contribution in [0.2, 0.25) is 0 Å². The average Bonchev–Trinajstić information content (AvgIpc) is 3.11. The third-order valence-electron chi connectivity index (χ3n) is 6.02. The molecule has 0 saturated carbocycles. The number of Topliss-reactive ketones (excluding diaryl/α,β-unsaturated/α-hetero) is 1. The first kappa shape index (κ1) is 19.7. The molecule has 7 nitrogen and oxygen atoms in total. The summed E-state index contributed by atoms with van der Waals surface area (Å²) in [4.78, 5) is 21.8. The molecule has 1 aromatic heterocycles. The van der Waals surface area contributed by atoms with Gasteiger partial charge in [0.1, 0.15) is 24.5 Å². The van der Waals surface area contributed by atoms with E-state index in [0.29, 0.717) is 12.1 Å². The molecule has 0 spiro atoms. The first-order chi connectivity index (χ1) is 15.1. The summed E-state index contributed by atoms with van der Waals surface area (Å²) in [5.41, 5.74) is 4.88. The molecular weight excluding hydrogens is 395 g/mol. The van der Waals surface area contributed by atoms with Crippen LogP contribution in [0.5, 0.6) is 0 Å². The zero-order chi connectivity index (χ0) is 21.5. The SMILES string of the molecule is CNCc1ccc(C2NCc3cc(F)cc4c3C(=NCC4=O)C2c2ncnn2C)cc1. The molecule has 3 aromatic rings. The number of halogens is 1. The molecule has 2 unspecified atom stereocenters. The van der Waals surface area contributed by atoms with Crippen LogP contribution in [0.1, 0.15) is 50.4 Å². The molecule has 5 rings (SSSR count). The molecule has 3 heterocycles. The summed E-state index contributed by atoms with van der Waals surface area (Å²) in [6, 6.07) is 11.0. The minimum Gasteiger partial charge on any atom is -0.316 e. The number of carbonyl (C=O) groups excluding carboxylic acids is 1. The topological polar surface area (TPSA) is 84.2 Å². The van der Waals surface area contributed by atoms with Crippen LogP contribution < -0.4 is 10.6 Å². The molecule has 8 heteroatoms. The second kappa shape index (κ2) is 7.79. The Kier molecular flexibility index (Phi) is 4.95. The molecular formula is C23H23FN6O. The van der Waals surface area contributed by atoms with Gasteiger partial charge in [-0.2, -0.15) is 5.10 Å². The van der Waals surface area contributed by atoms with Crippen molar-refractivity contribution >= 4 is 11.5 Å². The van der Waals surface area contributed by atoms with Crippen LogP contribution in [-0.2, 0) is 20.1 Å². The number of carbonyl (C=O) groups is 1. The predicted molar refractivity (Wildman–Crippen MR) is 115 cm³/mol. The van der Waals surface area contributed by atoms with Crippen molar-refractivity contribution in [2.75, 3.05) is 13.6 Å². The Morgan fingerprint density at radius 3 is 2.77 bits per heavy atom. The molecule has 0 amide bonds. The second-order valence-corrected chi connectivity index (χ2v) is 7.96. The molecule has 31 heavy (non-hydrogen) atoms. The third kappa shape index (κ3) is 3.37. The average molecular weight is 418 g/mol. The van der Waals surface area contributed by atoms with Gasteiger partial charge >= 0.3 is 0 Å². The van der Waals surface area contributed by atoms with E-state index < -0.39 is 5.82 Å². The number of ketones is 1. The number of rotatable bonds is 4. The number of aromatic nitrogens is 3. The molecule has 0 saturated heterocycles. The fraction of sp³-hybridized carbons (Fsp3) is 0.304. The summed E-state index contributed by atoms with van der Waals surface area (Å²) in [6.07, 6.45) is 1.52. The normalized spacial score (nSPS) is 20.2. The minimum absolute atomic E-state index is 0.00735. The zero-order valence-corrected chi connectivity index (χ0v) is 17.4. The van der Waals surface area contributed by atoms with Crippen molar-refractivity contribution in [1.29, 1.82) is 0 Å². The monoisotopic (exact) mass is 418 g/mol. The smallest absolute Gasteiger partial charge is 0.184 e. The van der Waals surface area contributed by atoms with Gasteiger partial charge in [-0.1, -0.05) is 24.3 Å². The van der Waals surface area contributed by atoms with Gasteiger partial charge < -0.3 is 10.6 Å². The second-order valence-electron chi connectivity index (χ2n) is 7.96. The fourth-order valence-electron chi connectivity index (χ4n) is 4.61. The number of nitrogens with one attached hydrogen (secondary N) is 2. The summed E-state index contributed by atoms with van der Waals surface area (Å²) < 4.78 is 16.1. The summed E-state index contributed by atoms with van der Waals surface area (Å²) in [5, 5.41) is 11.0. The Bertz CT molecular complexity index is 1180. The van der Waals surface area contributed by atoms with Crippen LogP contribution in [0, 0.1) is 5.82 Å². The van der Waals surface area contributed by atoms with Crippen molar-refractivity contribution in [2.24, 2.45) is 12.0 Å². The van der Waals surface area contributed by atoms with E-state index in [1.54, 1.807) is 4.68 Å². The van der Waals surface area contributed by atoms with Crippen LogP contribution in [0.3, 0.4) is 0 Å². The number of nitrogens with zero attached hydrogens (tertiary/aromatic N) is 4.